The Bertz CT molecular complexity index is 364. The minimum atomic E-state index is 0.0142. The van der Waals surface area contributed by atoms with Crippen LogP contribution in [0.5, 0.6) is 5.75 Å². The van der Waals surface area contributed by atoms with Gasteiger partial charge in [0.05, 0.1) is 0 Å². The molecule has 0 aliphatic rings. The predicted molar refractivity (Wildman–Crippen MR) is 76.3 cm³/mol. The fraction of sp³-hybridized carbons (Fsp3) is 0.643. The summed E-state index contributed by atoms with van der Waals surface area (Å²) in [7, 11) is 4.12. The van der Waals surface area contributed by atoms with Crippen LogP contribution in [0.2, 0.25) is 0 Å². The van der Waals surface area contributed by atoms with E-state index in [2.05, 4.69) is 50.1 Å². The van der Waals surface area contributed by atoms with Gasteiger partial charge in [0.1, 0.15) is 18.2 Å². The Balaban J connectivity index is 2.57. The van der Waals surface area contributed by atoms with Crippen molar-refractivity contribution in [1.82, 2.24) is 9.88 Å². The molecular formula is C14H25N3O. The fourth-order valence-electron chi connectivity index (χ4n) is 1.24. The second-order valence-electron chi connectivity index (χ2n) is 5.30. The fourth-order valence-corrected chi connectivity index (χ4v) is 1.24. The van der Waals surface area contributed by atoms with Crippen molar-refractivity contribution in [2.75, 3.05) is 32.6 Å². The average Bonchev–Trinajstić information content (AvgIpc) is 2.34. The molecule has 1 heterocycles. The van der Waals surface area contributed by atoms with E-state index in [0.717, 1.165) is 24.5 Å². The summed E-state index contributed by atoms with van der Waals surface area (Å²) in [5.41, 5.74) is 0.0142. The molecule has 18 heavy (non-hydrogen) atoms. The van der Waals surface area contributed by atoms with E-state index < -0.39 is 0 Å². The van der Waals surface area contributed by atoms with Crippen LogP contribution in [0.1, 0.15) is 27.2 Å². The van der Waals surface area contributed by atoms with Crippen molar-refractivity contribution in [2.45, 2.75) is 32.7 Å². The topological polar surface area (TPSA) is 37.4 Å². The molecule has 0 fully saturated rings. The van der Waals surface area contributed by atoms with Gasteiger partial charge in [0.25, 0.3) is 0 Å². The van der Waals surface area contributed by atoms with Gasteiger partial charge in [0.2, 0.25) is 0 Å². The molecule has 4 heteroatoms. The van der Waals surface area contributed by atoms with Crippen LogP contribution < -0.4 is 10.1 Å². The van der Waals surface area contributed by atoms with E-state index in [1.807, 2.05) is 12.1 Å². The summed E-state index contributed by atoms with van der Waals surface area (Å²) >= 11 is 0. The van der Waals surface area contributed by atoms with Crippen LogP contribution in [0.15, 0.2) is 18.3 Å². The Morgan fingerprint density at radius 2 is 2.11 bits per heavy atom. The van der Waals surface area contributed by atoms with Crippen LogP contribution in [0.4, 0.5) is 5.82 Å². The number of hydrogen-bond donors (Lipinski definition) is 1. The standard InChI is InChI=1S/C14H25N3O/c1-6-8-15-13-10-12(7-9-16-13)18-11-14(2,3)17(4)5/h7,9-10H,6,8,11H2,1-5H3,(H,15,16). The SMILES string of the molecule is CCCNc1cc(OCC(C)(C)N(C)C)ccn1. The van der Waals surface area contributed by atoms with Gasteiger partial charge in [-0.3, -0.25) is 0 Å². The van der Waals surface area contributed by atoms with Crippen LogP contribution in [0.25, 0.3) is 0 Å². The summed E-state index contributed by atoms with van der Waals surface area (Å²) in [5, 5.41) is 3.25. The third-order valence-corrected chi connectivity index (χ3v) is 3.09. The van der Waals surface area contributed by atoms with Crippen molar-refractivity contribution in [3.63, 3.8) is 0 Å². The van der Waals surface area contributed by atoms with E-state index in [-0.39, 0.29) is 5.54 Å². The molecule has 4 nitrogen and oxygen atoms in total. The number of nitrogens with one attached hydrogen (secondary N) is 1. The van der Waals surface area contributed by atoms with Crippen LogP contribution >= 0.6 is 0 Å². The highest BCUT2D eigenvalue weighted by atomic mass is 16.5. The summed E-state index contributed by atoms with van der Waals surface area (Å²) in [6.07, 6.45) is 2.86. The first-order valence-electron chi connectivity index (χ1n) is 6.46. The molecule has 0 unspecified atom stereocenters. The number of hydrogen-bond acceptors (Lipinski definition) is 4. The van der Waals surface area contributed by atoms with Gasteiger partial charge in [-0.1, -0.05) is 6.92 Å². The van der Waals surface area contributed by atoms with E-state index >= 15 is 0 Å². The Morgan fingerprint density at radius 3 is 2.72 bits per heavy atom. The van der Waals surface area contributed by atoms with Crippen LogP contribution in [0.3, 0.4) is 0 Å². The molecule has 0 bridgehead atoms. The number of anilines is 1. The molecule has 0 amide bonds. The average molecular weight is 251 g/mol. The zero-order chi connectivity index (χ0) is 13.6. The molecule has 1 N–H and O–H groups in total. The molecule has 0 radical (unpaired) electrons. The smallest absolute Gasteiger partial charge is 0.129 e. The lowest BCUT2D eigenvalue weighted by Crippen LogP contribution is -2.43. The van der Waals surface area contributed by atoms with Gasteiger partial charge in [-0.2, -0.15) is 0 Å². The highest BCUT2D eigenvalue weighted by Crippen LogP contribution is 2.18. The Morgan fingerprint density at radius 1 is 1.39 bits per heavy atom. The highest BCUT2D eigenvalue weighted by Gasteiger charge is 2.21. The van der Waals surface area contributed by atoms with Crippen molar-refractivity contribution >= 4 is 5.82 Å². The largest absolute Gasteiger partial charge is 0.491 e. The van der Waals surface area contributed by atoms with Gasteiger partial charge >= 0.3 is 0 Å². The van der Waals surface area contributed by atoms with E-state index in [1.165, 1.54) is 0 Å². The first-order valence-corrected chi connectivity index (χ1v) is 6.46. The molecule has 0 aliphatic carbocycles. The maximum Gasteiger partial charge on any atom is 0.129 e. The minimum Gasteiger partial charge on any atom is -0.491 e. The summed E-state index contributed by atoms with van der Waals surface area (Å²) < 4.78 is 5.83. The quantitative estimate of drug-likeness (QED) is 0.808. The molecular weight excluding hydrogens is 226 g/mol. The van der Waals surface area contributed by atoms with Crippen LogP contribution in [-0.4, -0.2) is 42.7 Å². The van der Waals surface area contributed by atoms with Gasteiger partial charge in [-0.15, -0.1) is 0 Å². The van der Waals surface area contributed by atoms with Crippen molar-refractivity contribution in [3.8, 4) is 5.75 Å². The third kappa shape index (κ3) is 4.53. The molecule has 102 valence electrons. The Labute approximate surface area is 110 Å². The maximum atomic E-state index is 5.83. The molecule has 0 saturated heterocycles. The third-order valence-electron chi connectivity index (χ3n) is 3.09. The van der Waals surface area contributed by atoms with Crippen LogP contribution in [0, 0.1) is 0 Å². The Hall–Kier alpha value is -1.29. The van der Waals surface area contributed by atoms with E-state index in [4.69, 9.17) is 4.74 Å². The zero-order valence-electron chi connectivity index (χ0n) is 12.2. The summed E-state index contributed by atoms with van der Waals surface area (Å²) in [5.74, 6) is 1.73. The summed E-state index contributed by atoms with van der Waals surface area (Å²) in [4.78, 5) is 6.41. The van der Waals surface area contributed by atoms with Gasteiger partial charge < -0.3 is 15.0 Å². The number of ether oxygens (including phenoxy) is 1. The molecule has 1 aromatic rings. The van der Waals surface area contributed by atoms with Gasteiger partial charge in [-0.05, 0) is 40.4 Å². The molecule has 1 rings (SSSR count). The highest BCUT2D eigenvalue weighted by molar-refractivity contribution is 5.40. The summed E-state index contributed by atoms with van der Waals surface area (Å²) in [6, 6.07) is 3.84. The lowest BCUT2D eigenvalue weighted by atomic mass is 10.1. The first-order chi connectivity index (χ1) is 8.45. The van der Waals surface area contributed by atoms with Gasteiger partial charge in [0.15, 0.2) is 0 Å². The van der Waals surface area contributed by atoms with Crippen molar-refractivity contribution < 1.29 is 4.74 Å². The van der Waals surface area contributed by atoms with Crippen molar-refractivity contribution in [2.24, 2.45) is 0 Å². The van der Waals surface area contributed by atoms with Crippen LogP contribution in [-0.2, 0) is 0 Å². The minimum absolute atomic E-state index is 0.0142. The van der Waals surface area contributed by atoms with E-state index in [0.29, 0.717) is 6.61 Å². The number of pyridine rings is 1. The molecule has 1 aromatic heterocycles. The molecule has 0 aromatic carbocycles. The number of likely N-dealkylation sites (N-methyl/N-ethyl adjacent to an activating group) is 1. The predicted octanol–water partition coefficient (Wildman–Crippen LogP) is 2.62. The van der Waals surface area contributed by atoms with E-state index in [9.17, 15) is 0 Å². The van der Waals surface area contributed by atoms with E-state index in [1.54, 1.807) is 6.20 Å². The Kier molecular flexibility index (Phi) is 5.41. The van der Waals surface area contributed by atoms with Crippen molar-refractivity contribution in [1.29, 1.82) is 0 Å². The molecule has 0 spiro atoms. The number of rotatable bonds is 7. The van der Waals surface area contributed by atoms with Gasteiger partial charge in [-0.25, -0.2) is 4.98 Å². The van der Waals surface area contributed by atoms with Gasteiger partial charge in [0, 0.05) is 24.3 Å². The lowest BCUT2D eigenvalue weighted by molar-refractivity contribution is 0.114. The zero-order valence-corrected chi connectivity index (χ0v) is 12.2. The maximum absolute atomic E-state index is 5.83. The molecule has 0 atom stereocenters. The summed E-state index contributed by atoms with van der Waals surface area (Å²) in [6.45, 7) is 8.03. The second-order valence-corrected chi connectivity index (χ2v) is 5.30. The first kappa shape index (κ1) is 14.8. The lowest BCUT2D eigenvalue weighted by Gasteiger charge is -2.32. The second kappa shape index (κ2) is 6.59. The van der Waals surface area contributed by atoms with Crippen molar-refractivity contribution in [3.05, 3.63) is 18.3 Å². The number of aromatic nitrogens is 1. The monoisotopic (exact) mass is 251 g/mol. The molecule has 0 aliphatic heterocycles. The normalized spacial score (nSPS) is 11.7. The molecule has 0 saturated carbocycles. The number of nitrogens with zero attached hydrogens (tertiary/aromatic N) is 2.